The Balaban J connectivity index is 1.96. The van der Waals surface area contributed by atoms with Gasteiger partial charge in [-0.1, -0.05) is 76.2 Å². The zero-order valence-electron chi connectivity index (χ0n) is 14.0. The Labute approximate surface area is 126 Å². The van der Waals surface area contributed by atoms with Crippen molar-refractivity contribution in [1.29, 1.82) is 0 Å². The van der Waals surface area contributed by atoms with Crippen molar-refractivity contribution in [2.75, 3.05) is 0 Å². The van der Waals surface area contributed by atoms with Crippen LogP contribution in [0.3, 0.4) is 0 Å². The van der Waals surface area contributed by atoms with E-state index >= 15 is 0 Å². The molecule has 1 fully saturated rings. The third kappa shape index (κ3) is 3.77. The highest BCUT2D eigenvalue weighted by molar-refractivity contribution is 5.39. The maximum absolute atomic E-state index is 2.62. The van der Waals surface area contributed by atoms with E-state index in [1.807, 2.05) is 0 Å². The summed E-state index contributed by atoms with van der Waals surface area (Å²) in [6.07, 6.45) is 20.5. The third-order valence-corrected chi connectivity index (χ3v) is 5.43. The summed E-state index contributed by atoms with van der Waals surface area (Å²) in [5, 5.41) is 0. The second-order valence-electron chi connectivity index (χ2n) is 7.26. The van der Waals surface area contributed by atoms with Gasteiger partial charge in [0, 0.05) is 0 Å². The van der Waals surface area contributed by atoms with Gasteiger partial charge in [-0.3, -0.25) is 0 Å². The van der Waals surface area contributed by atoms with E-state index in [9.17, 15) is 0 Å². The van der Waals surface area contributed by atoms with Gasteiger partial charge in [0.1, 0.15) is 0 Å². The zero-order chi connectivity index (χ0) is 14.4. The summed E-state index contributed by atoms with van der Waals surface area (Å²) in [6.45, 7) is 6.97. The fraction of sp³-hybridized carbons (Fsp3) is 0.800. The number of hydrogen-bond donors (Lipinski definition) is 0. The molecule has 0 aromatic rings. The van der Waals surface area contributed by atoms with Crippen LogP contribution in [0.2, 0.25) is 0 Å². The van der Waals surface area contributed by atoms with Crippen molar-refractivity contribution >= 4 is 0 Å². The number of allylic oxidation sites excluding steroid dienone is 4. The van der Waals surface area contributed by atoms with Crippen molar-refractivity contribution in [3.8, 4) is 0 Å². The van der Waals surface area contributed by atoms with Gasteiger partial charge in [-0.15, -0.1) is 0 Å². The predicted octanol–water partition coefficient (Wildman–Crippen LogP) is 6.82. The van der Waals surface area contributed by atoms with Crippen molar-refractivity contribution in [2.45, 2.75) is 91.4 Å². The van der Waals surface area contributed by atoms with E-state index in [2.05, 4.69) is 32.9 Å². The summed E-state index contributed by atoms with van der Waals surface area (Å²) in [6, 6.07) is 0. The molecule has 2 aliphatic carbocycles. The molecular weight excluding hydrogens is 240 g/mol. The highest BCUT2D eigenvalue weighted by Crippen LogP contribution is 2.54. The number of unbranched alkanes of at least 4 members (excludes halogenated alkanes) is 3. The molecular formula is C20H34. The van der Waals surface area contributed by atoms with E-state index in [0.717, 1.165) is 5.92 Å². The molecule has 0 amide bonds. The number of rotatable bonds is 9. The molecule has 0 N–H and O–H groups in total. The molecule has 1 atom stereocenters. The molecule has 0 heterocycles. The van der Waals surface area contributed by atoms with Gasteiger partial charge in [-0.2, -0.15) is 0 Å². The molecule has 2 aliphatic rings. The van der Waals surface area contributed by atoms with E-state index in [1.165, 1.54) is 70.6 Å². The van der Waals surface area contributed by atoms with Gasteiger partial charge in [0.2, 0.25) is 0 Å². The molecule has 0 nitrogen and oxygen atoms in total. The van der Waals surface area contributed by atoms with Gasteiger partial charge in [0.15, 0.2) is 0 Å². The first kappa shape index (κ1) is 15.9. The van der Waals surface area contributed by atoms with Crippen LogP contribution in [0, 0.1) is 11.3 Å². The van der Waals surface area contributed by atoms with Crippen molar-refractivity contribution < 1.29 is 0 Å². The maximum Gasteiger partial charge on any atom is -0.000864 e. The van der Waals surface area contributed by atoms with Crippen molar-refractivity contribution in [1.82, 2.24) is 0 Å². The highest BCUT2D eigenvalue weighted by atomic mass is 14.5. The van der Waals surface area contributed by atoms with Gasteiger partial charge in [0.05, 0.1) is 0 Å². The van der Waals surface area contributed by atoms with Gasteiger partial charge in [0.25, 0.3) is 0 Å². The third-order valence-electron chi connectivity index (χ3n) is 5.43. The normalized spacial score (nSPS) is 23.6. The average molecular weight is 274 g/mol. The summed E-state index contributed by atoms with van der Waals surface area (Å²) < 4.78 is 0. The molecule has 2 rings (SSSR count). The summed E-state index contributed by atoms with van der Waals surface area (Å²) in [5.74, 6) is 0.815. The molecule has 0 spiro atoms. The first-order chi connectivity index (χ1) is 9.73. The Hall–Kier alpha value is -0.520. The van der Waals surface area contributed by atoms with Crippen LogP contribution in [0.4, 0.5) is 0 Å². The summed E-state index contributed by atoms with van der Waals surface area (Å²) in [5.41, 5.74) is 4.09. The van der Waals surface area contributed by atoms with Crippen molar-refractivity contribution in [2.24, 2.45) is 11.3 Å². The molecule has 1 unspecified atom stereocenters. The molecule has 1 saturated carbocycles. The molecule has 0 aromatic heterocycles. The Bertz CT molecular complexity index is 350. The molecule has 0 bridgehead atoms. The minimum absolute atomic E-state index is 0.662. The van der Waals surface area contributed by atoms with Crippen molar-refractivity contribution in [3.05, 3.63) is 23.3 Å². The second-order valence-corrected chi connectivity index (χ2v) is 7.26. The number of fused-ring (bicyclic) bond motifs is 1. The highest BCUT2D eigenvalue weighted by Gasteiger charge is 2.41. The van der Waals surface area contributed by atoms with Crippen LogP contribution in [0.1, 0.15) is 91.4 Å². The Morgan fingerprint density at radius 3 is 2.20 bits per heavy atom. The molecule has 114 valence electrons. The van der Waals surface area contributed by atoms with Crippen molar-refractivity contribution in [3.63, 3.8) is 0 Å². The monoisotopic (exact) mass is 274 g/mol. The predicted molar refractivity (Wildman–Crippen MR) is 89.9 cm³/mol. The second kappa shape index (κ2) is 7.48. The van der Waals surface area contributed by atoms with Gasteiger partial charge in [-0.05, 0) is 49.9 Å². The average Bonchev–Trinajstić information content (AvgIpc) is 2.96. The number of hydrogen-bond acceptors (Lipinski definition) is 0. The van der Waals surface area contributed by atoms with Gasteiger partial charge < -0.3 is 0 Å². The lowest BCUT2D eigenvalue weighted by molar-refractivity contribution is 0.231. The SMILES string of the molecule is CCCCC1=CC2CC(CCCC)(CCCC)CC2=C1. The Morgan fingerprint density at radius 1 is 1.00 bits per heavy atom. The van der Waals surface area contributed by atoms with Gasteiger partial charge in [-0.25, -0.2) is 0 Å². The molecule has 0 heteroatoms. The largest absolute Gasteiger partial charge is 0.0741 e. The first-order valence-electron chi connectivity index (χ1n) is 9.14. The van der Waals surface area contributed by atoms with Crippen LogP contribution in [0.25, 0.3) is 0 Å². The van der Waals surface area contributed by atoms with Crippen LogP contribution >= 0.6 is 0 Å². The maximum atomic E-state index is 2.62. The minimum Gasteiger partial charge on any atom is -0.0741 e. The van der Waals surface area contributed by atoms with E-state index in [4.69, 9.17) is 0 Å². The molecule has 0 saturated heterocycles. The van der Waals surface area contributed by atoms with E-state index in [0.29, 0.717) is 5.41 Å². The molecule has 0 aromatic carbocycles. The Morgan fingerprint density at radius 2 is 1.65 bits per heavy atom. The Kier molecular flexibility index (Phi) is 5.93. The molecule has 0 radical (unpaired) electrons. The van der Waals surface area contributed by atoms with E-state index in [-0.39, 0.29) is 0 Å². The topological polar surface area (TPSA) is 0 Å². The van der Waals surface area contributed by atoms with Crippen LogP contribution in [0.15, 0.2) is 23.3 Å². The van der Waals surface area contributed by atoms with Crippen LogP contribution < -0.4 is 0 Å². The van der Waals surface area contributed by atoms with E-state index < -0.39 is 0 Å². The first-order valence-corrected chi connectivity index (χ1v) is 9.14. The molecule has 20 heavy (non-hydrogen) atoms. The van der Waals surface area contributed by atoms with Crippen LogP contribution in [-0.4, -0.2) is 0 Å². The fourth-order valence-electron chi connectivity index (χ4n) is 4.25. The summed E-state index contributed by atoms with van der Waals surface area (Å²) in [7, 11) is 0. The fourth-order valence-corrected chi connectivity index (χ4v) is 4.25. The lowest BCUT2D eigenvalue weighted by Gasteiger charge is -2.29. The minimum atomic E-state index is 0.662. The zero-order valence-corrected chi connectivity index (χ0v) is 14.0. The lowest BCUT2D eigenvalue weighted by Crippen LogP contribution is -2.17. The smallest absolute Gasteiger partial charge is 0.000864 e. The quantitative estimate of drug-likeness (QED) is 0.432. The lowest BCUT2D eigenvalue weighted by atomic mass is 9.76. The summed E-state index contributed by atoms with van der Waals surface area (Å²) >= 11 is 0. The van der Waals surface area contributed by atoms with E-state index in [1.54, 1.807) is 11.1 Å². The van der Waals surface area contributed by atoms with Crippen LogP contribution in [-0.2, 0) is 0 Å². The van der Waals surface area contributed by atoms with Gasteiger partial charge >= 0.3 is 0 Å². The van der Waals surface area contributed by atoms with Crippen LogP contribution in [0.5, 0.6) is 0 Å². The summed E-state index contributed by atoms with van der Waals surface area (Å²) in [4.78, 5) is 0. The standard InChI is InChI=1S/C20H34/c1-4-7-10-17-13-18-15-20(11-8-5-2,12-9-6-3)16-19(18)14-17/h13-14,18H,4-12,15-16H2,1-3H3. The molecule has 0 aliphatic heterocycles.